The molecule has 0 aliphatic carbocycles. The molecule has 1 saturated heterocycles. The van der Waals surface area contributed by atoms with Gasteiger partial charge in [0.05, 0.1) is 11.3 Å². The van der Waals surface area contributed by atoms with Gasteiger partial charge < -0.3 is 10.0 Å². The van der Waals surface area contributed by atoms with Crippen molar-refractivity contribution in [2.24, 2.45) is 5.41 Å². The maximum atomic E-state index is 11.3. The normalized spacial score (nSPS) is 18.7. The summed E-state index contributed by atoms with van der Waals surface area (Å²) in [5.74, 6) is -0.866. The van der Waals surface area contributed by atoms with Crippen molar-refractivity contribution in [3.63, 3.8) is 0 Å². The molecule has 1 aliphatic heterocycles. The molecular formula is C14H18BrNO2. The number of halogens is 1. The van der Waals surface area contributed by atoms with Crippen molar-refractivity contribution in [3.05, 3.63) is 28.2 Å². The first kappa shape index (κ1) is 13.4. The van der Waals surface area contributed by atoms with E-state index in [-0.39, 0.29) is 5.41 Å². The van der Waals surface area contributed by atoms with Crippen LogP contribution in [0.4, 0.5) is 5.69 Å². The van der Waals surface area contributed by atoms with Crippen LogP contribution in [-0.2, 0) is 0 Å². The van der Waals surface area contributed by atoms with Crippen LogP contribution in [0.2, 0.25) is 0 Å². The van der Waals surface area contributed by atoms with Crippen molar-refractivity contribution < 1.29 is 9.90 Å². The summed E-state index contributed by atoms with van der Waals surface area (Å²) in [5, 5.41) is 9.30. The SMILES string of the molecule is CC1(C)CCCN(c2ccc(Br)cc2C(=O)O)C1. The molecule has 98 valence electrons. The minimum atomic E-state index is -0.866. The molecule has 0 aromatic heterocycles. The van der Waals surface area contributed by atoms with Gasteiger partial charge in [0.2, 0.25) is 0 Å². The number of hydrogen-bond acceptors (Lipinski definition) is 2. The summed E-state index contributed by atoms with van der Waals surface area (Å²) >= 11 is 3.33. The first-order valence-electron chi connectivity index (χ1n) is 6.17. The third kappa shape index (κ3) is 2.86. The van der Waals surface area contributed by atoms with Crippen LogP contribution in [0.1, 0.15) is 37.0 Å². The highest BCUT2D eigenvalue weighted by Gasteiger charge is 2.28. The van der Waals surface area contributed by atoms with Crippen molar-refractivity contribution in [2.75, 3.05) is 18.0 Å². The number of carboxylic acid groups (broad SMARTS) is 1. The predicted molar refractivity (Wildman–Crippen MR) is 76.3 cm³/mol. The van der Waals surface area contributed by atoms with E-state index in [0.29, 0.717) is 5.56 Å². The third-order valence-corrected chi connectivity index (χ3v) is 3.92. The van der Waals surface area contributed by atoms with Crippen LogP contribution in [0, 0.1) is 5.41 Å². The fourth-order valence-electron chi connectivity index (χ4n) is 2.58. The summed E-state index contributed by atoms with van der Waals surface area (Å²) < 4.78 is 0.805. The molecule has 1 aliphatic rings. The Morgan fingerprint density at radius 3 is 2.78 bits per heavy atom. The predicted octanol–water partition coefficient (Wildman–Crippen LogP) is 3.77. The van der Waals surface area contributed by atoms with Crippen LogP contribution in [0.3, 0.4) is 0 Å². The number of rotatable bonds is 2. The first-order chi connectivity index (χ1) is 8.39. The molecule has 2 rings (SSSR count). The van der Waals surface area contributed by atoms with Gasteiger partial charge in [0, 0.05) is 17.6 Å². The minimum absolute atomic E-state index is 0.251. The number of hydrogen-bond donors (Lipinski definition) is 1. The standard InChI is InChI=1S/C14H18BrNO2/c1-14(2)6-3-7-16(9-14)12-5-4-10(15)8-11(12)13(17)18/h4-5,8H,3,6-7,9H2,1-2H3,(H,17,18). The van der Waals surface area contributed by atoms with Gasteiger partial charge in [-0.1, -0.05) is 29.8 Å². The van der Waals surface area contributed by atoms with Crippen LogP contribution in [-0.4, -0.2) is 24.2 Å². The number of carboxylic acids is 1. The van der Waals surface area contributed by atoms with Gasteiger partial charge in [0.1, 0.15) is 0 Å². The maximum absolute atomic E-state index is 11.3. The first-order valence-corrected chi connectivity index (χ1v) is 6.96. The molecule has 1 aromatic carbocycles. The summed E-state index contributed by atoms with van der Waals surface area (Å²) in [6.07, 6.45) is 2.31. The smallest absolute Gasteiger partial charge is 0.337 e. The molecule has 18 heavy (non-hydrogen) atoms. The monoisotopic (exact) mass is 311 g/mol. The molecule has 1 fully saturated rings. The van der Waals surface area contributed by atoms with Gasteiger partial charge in [-0.15, -0.1) is 0 Å². The van der Waals surface area contributed by atoms with E-state index in [0.717, 1.165) is 29.7 Å². The Bertz CT molecular complexity index is 471. The fraction of sp³-hybridized carbons (Fsp3) is 0.500. The van der Waals surface area contributed by atoms with Gasteiger partial charge in [0.25, 0.3) is 0 Å². The number of anilines is 1. The van der Waals surface area contributed by atoms with Crippen molar-refractivity contribution in [2.45, 2.75) is 26.7 Å². The lowest BCUT2D eigenvalue weighted by Crippen LogP contribution is -2.40. The molecule has 1 N–H and O–H groups in total. The summed E-state index contributed by atoms with van der Waals surface area (Å²) in [6.45, 7) is 6.32. The molecular weight excluding hydrogens is 294 g/mol. The van der Waals surface area contributed by atoms with E-state index in [1.807, 2.05) is 12.1 Å². The van der Waals surface area contributed by atoms with E-state index in [1.165, 1.54) is 6.42 Å². The van der Waals surface area contributed by atoms with Crippen LogP contribution < -0.4 is 4.90 Å². The molecule has 3 nitrogen and oxygen atoms in total. The molecule has 0 atom stereocenters. The second-order valence-electron chi connectivity index (χ2n) is 5.66. The lowest BCUT2D eigenvalue weighted by Gasteiger charge is -2.40. The highest BCUT2D eigenvalue weighted by molar-refractivity contribution is 9.10. The summed E-state index contributed by atoms with van der Waals surface area (Å²) in [6, 6.07) is 5.48. The average molecular weight is 312 g/mol. The van der Waals surface area contributed by atoms with Crippen molar-refractivity contribution >= 4 is 27.6 Å². The molecule has 0 saturated carbocycles. The molecule has 0 amide bonds. The number of aromatic carboxylic acids is 1. The topological polar surface area (TPSA) is 40.5 Å². The summed E-state index contributed by atoms with van der Waals surface area (Å²) in [7, 11) is 0. The molecule has 1 aromatic rings. The van der Waals surface area contributed by atoms with Crippen molar-refractivity contribution in [1.29, 1.82) is 0 Å². The number of carbonyl (C=O) groups is 1. The Hall–Kier alpha value is -1.03. The summed E-state index contributed by atoms with van der Waals surface area (Å²) in [4.78, 5) is 13.5. The lowest BCUT2D eigenvalue weighted by molar-refractivity contribution is 0.0697. The van der Waals surface area contributed by atoms with Gasteiger partial charge >= 0.3 is 5.97 Å². The Balaban J connectivity index is 2.35. The third-order valence-electron chi connectivity index (χ3n) is 3.43. The minimum Gasteiger partial charge on any atom is -0.478 e. The molecule has 0 bridgehead atoms. The maximum Gasteiger partial charge on any atom is 0.337 e. The van der Waals surface area contributed by atoms with E-state index < -0.39 is 5.97 Å². The highest BCUT2D eigenvalue weighted by Crippen LogP contribution is 2.34. The van der Waals surface area contributed by atoms with E-state index in [1.54, 1.807) is 6.07 Å². The zero-order valence-corrected chi connectivity index (χ0v) is 12.3. The highest BCUT2D eigenvalue weighted by atomic mass is 79.9. The van der Waals surface area contributed by atoms with Crippen LogP contribution >= 0.6 is 15.9 Å². The van der Waals surface area contributed by atoms with E-state index in [2.05, 4.69) is 34.7 Å². The number of benzene rings is 1. The van der Waals surface area contributed by atoms with E-state index in [4.69, 9.17) is 0 Å². The zero-order valence-electron chi connectivity index (χ0n) is 10.7. The molecule has 1 heterocycles. The average Bonchev–Trinajstić information content (AvgIpc) is 2.27. The fourth-order valence-corrected chi connectivity index (χ4v) is 2.95. The van der Waals surface area contributed by atoms with Gasteiger partial charge in [-0.05, 0) is 36.5 Å². The second kappa shape index (κ2) is 4.92. The quantitative estimate of drug-likeness (QED) is 0.903. The molecule has 0 radical (unpaired) electrons. The Morgan fingerprint density at radius 1 is 1.44 bits per heavy atom. The molecule has 0 spiro atoms. The van der Waals surface area contributed by atoms with Crippen molar-refractivity contribution in [3.8, 4) is 0 Å². The second-order valence-corrected chi connectivity index (χ2v) is 6.57. The molecule has 4 heteroatoms. The zero-order chi connectivity index (χ0) is 13.3. The summed E-state index contributed by atoms with van der Waals surface area (Å²) in [5.41, 5.74) is 1.46. The van der Waals surface area contributed by atoms with Gasteiger partial charge in [-0.2, -0.15) is 0 Å². The largest absolute Gasteiger partial charge is 0.478 e. The van der Waals surface area contributed by atoms with Gasteiger partial charge in [-0.3, -0.25) is 0 Å². The van der Waals surface area contributed by atoms with Crippen molar-refractivity contribution in [1.82, 2.24) is 0 Å². The van der Waals surface area contributed by atoms with Crippen LogP contribution in [0.25, 0.3) is 0 Å². The molecule has 0 unspecified atom stereocenters. The Labute approximate surface area is 116 Å². The number of nitrogens with zero attached hydrogens (tertiary/aromatic N) is 1. The van der Waals surface area contributed by atoms with Crippen LogP contribution in [0.15, 0.2) is 22.7 Å². The van der Waals surface area contributed by atoms with E-state index >= 15 is 0 Å². The Kier molecular flexibility index (Phi) is 3.66. The number of piperidine rings is 1. The Morgan fingerprint density at radius 2 is 2.17 bits per heavy atom. The van der Waals surface area contributed by atoms with Gasteiger partial charge in [-0.25, -0.2) is 4.79 Å². The van der Waals surface area contributed by atoms with Gasteiger partial charge in [0.15, 0.2) is 0 Å². The van der Waals surface area contributed by atoms with E-state index in [9.17, 15) is 9.90 Å². The lowest BCUT2D eigenvalue weighted by atomic mass is 9.84. The van der Waals surface area contributed by atoms with Crippen LogP contribution in [0.5, 0.6) is 0 Å².